The van der Waals surface area contributed by atoms with E-state index in [1.165, 1.54) is 24.3 Å². The molecule has 1 unspecified atom stereocenters. The summed E-state index contributed by atoms with van der Waals surface area (Å²) in [4.78, 5) is 0. The van der Waals surface area contributed by atoms with E-state index in [-0.39, 0.29) is 17.7 Å². The molecule has 0 saturated heterocycles. The van der Waals surface area contributed by atoms with Gasteiger partial charge in [-0.25, -0.2) is 8.78 Å². The highest BCUT2D eigenvalue weighted by atomic mass is 19.1. The quantitative estimate of drug-likeness (QED) is 0.893. The van der Waals surface area contributed by atoms with Crippen LogP contribution in [-0.4, -0.2) is 0 Å². The van der Waals surface area contributed by atoms with Crippen LogP contribution in [0.3, 0.4) is 0 Å². The summed E-state index contributed by atoms with van der Waals surface area (Å²) in [5.74, 6) is -0.573. The average Bonchev–Trinajstić information content (AvgIpc) is 2.36. The van der Waals surface area contributed by atoms with Gasteiger partial charge < -0.3 is 5.73 Å². The van der Waals surface area contributed by atoms with Gasteiger partial charge in [-0.05, 0) is 66.8 Å². The third-order valence-corrected chi connectivity index (χ3v) is 3.39. The Bertz CT molecular complexity index is 593. The first-order chi connectivity index (χ1) is 8.97. The summed E-state index contributed by atoms with van der Waals surface area (Å²) >= 11 is 0. The Morgan fingerprint density at radius 3 is 2.21 bits per heavy atom. The molecule has 2 N–H and O–H groups in total. The molecule has 0 aliphatic carbocycles. The summed E-state index contributed by atoms with van der Waals surface area (Å²) in [6, 6.07) is 8.89. The molecule has 1 nitrogen and oxygen atoms in total. The average molecular weight is 261 g/mol. The van der Waals surface area contributed by atoms with Crippen molar-refractivity contribution in [2.45, 2.75) is 26.3 Å². The molecule has 0 aliphatic rings. The van der Waals surface area contributed by atoms with E-state index < -0.39 is 0 Å². The summed E-state index contributed by atoms with van der Waals surface area (Å²) < 4.78 is 26.5. The lowest BCUT2D eigenvalue weighted by Crippen LogP contribution is -2.15. The molecule has 0 aromatic heterocycles. The molecule has 0 saturated carbocycles. The summed E-state index contributed by atoms with van der Waals surface area (Å²) in [6.07, 6.45) is 0.494. The Labute approximate surface area is 112 Å². The first-order valence-electron chi connectivity index (χ1n) is 6.24. The number of halogens is 2. The Hall–Kier alpha value is -1.74. The maximum absolute atomic E-state index is 13.3. The predicted molar refractivity (Wildman–Crippen MR) is 72.9 cm³/mol. The van der Waals surface area contributed by atoms with Gasteiger partial charge in [-0.15, -0.1) is 0 Å². The van der Waals surface area contributed by atoms with Crippen molar-refractivity contribution in [3.8, 4) is 0 Å². The first-order valence-corrected chi connectivity index (χ1v) is 6.24. The van der Waals surface area contributed by atoms with Crippen LogP contribution >= 0.6 is 0 Å². The number of hydrogen-bond acceptors (Lipinski definition) is 1. The molecule has 19 heavy (non-hydrogen) atoms. The second-order valence-corrected chi connectivity index (χ2v) is 4.88. The Morgan fingerprint density at radius 2 is 1.53 bits per heavy atom. The molecule has 0 radical (unpaired) electrons. The van der Waals surface area contributed by atoms with E-state index in [4.69, 9.17) is 5.73 Å². The predicted octanol–water partition coefficient (Wildman–Crippen LogP) is 3.82. The summed E-state index contributed by atoms with van der Waals surface area (Å²) in [5.41, 5.74) is 9.69. The summed E-state index contributed by atoms with van der Waals surface area (Å²) in [6.45, 7) is 3.81. The van der Waals surface area contributed by atoms with Crippen LogP contribution in [0.15, 0.2) is 36.4 Å². The van der Waals surface area contributed by atoms with E-state index in [0.717, 1.165) is 22.3 Å². The molecular weight excluding hydrogens is 244 g/mol. The molecule has 2 rings (SSSR count). The highest BCUT2D eigenvalue weighted by molar-refractivity contribution is 5.33. The van der Waals surface area contributed by atoms with Gasteiger partial charge in [0.05, 0.1) is 0 Å². The number of benzene rings is 2. The maximum Gasteiger partial charge on any atom is 0.123 e. The summed E-state index contributed by atoms with van der Waals surface area (Å²) in [5, 5.41) is 0. The van der Waals surface area contributed by atoms with Gasteiger partial charge in [-0.1, -0.05) is 12.1 Å². The van der Waals surface area contributed by atoms with Crippen LogP contribution in [0.1, 0.15) is 28.3 Å². The molecule has 1 atom stereocenters. The lowest BCUT2D eigenvalue weighted by Gasteiger charge is -2.16. The van der Waals surface area contributed by atoms with Crippen molar-refractivity contribution in [1.29, 1.82) is 0 Å². The first kappa shape index (κ1) is 13.7. The molecule has 2 aromatic carbocycles. The number of nitrogens with two attached hydrogens (primary N) is 1. The smallest absolute Gasteiger partial charge is 0.123 e. The van der Waals surface area contributed by atoms with Crippen molar-refractivity contribution in [3.05, 3.63) is 70.3 Å². The number of aryl methyl sites for hydroxylation is 2. The third-order valence-electron chi connectivity index (χ3n) is 3.39. The van der Waals surface area contributed by atoms with E-state index in [2.05, 4.69) is 0 Å². The van der Waals surface area contributed by atoms with Gasteiger partial charge in [0.2, 0.25) is 0 Å². The zero-order valence-electron chi connectivity index (χ0n) is 11.1. The Morgan fingerprint density at radius 1 is 0.947 bits per heavy atom. The van der Waals surface area contributed by atoms with E-state index in [1.807, 2.05) is 13.8 Å². The van der Waals surface area contributed by atoms with Gasteiger partial charge in [-0.2, -0.15) is 0 Å². The number of rotatable bonds is 3. The Kier molecular flexibility index (Phi) is 3.96. The van der Waals surface area contributed by atoms with Gasteiger partial charge in [-0.3, -0.25) is 0 Å². The fourth-order valence-electron chi connectivity index (χ4n) is 2.22. The third kappa shape index (κ3) is 3.18. The highest BCUT2D eigenvalue weighted by Gasteiger charge is 2.12. The molecule has 0 amide bonds. The van der Waals surface area contributed by atoms with Crippen LogP contribution in [0.4, 0.5) is 8.78 Å². The van der Waals surface area contributed by atoms with E-state index in [0.29, 0.717) is 6.42 Å². The fourth-order valence-corrected chi connectivity index (χ4v) is 2.22. The van der Waals surface area contributed by atoms with Crippen molar-refractivity contribution in [3.63, 3.8) is 0 Å². The highest BCUT2D eigenvalue weighted by Crippen LogP contribution is 2.22. The van der Waals surface area contributed by atoms with Crippen LogP contribution in [-0.2, 0) is 6.42 Å². The van der Waals surface area contributed by atoms with Crippen molar-refractivity contribution in [1.82, 2.24) is 0 Å². The minimum absolute atomic E-state index is 0.274. The minimum atomic E-state index is -0.337. The monoisotopic (exact) mass is 261 g/mol. The van der Waals surface area contributed by atoms with Crippen LogP contribution in [0.25, 0.3) is 0 Å². The molecular formula is C16H17F2N. The van der Waals surface area contributed by atoms with Gasteiger partial charge in [0.15, 0.2) is 0 Å². The molecule has 0 aliphatic heterocycles. The standard InChI is InChI=1S/C16H17F2N/c1-10-3-5-13(17)7-12(10)8-16(19)15-9-14(18)6-4-11(15)2/h3-7,9,16H,8,19H2,1-2H3. The topological polar surface area (TPSA) is 26.0 Å². The van der Waals surface area contributed by atoms with Crippen LogP contribution in [0.5, 0.6) is 0 Å². The molecule has 2 aromatic rings. The molecule has 100 valence electrons. The lowest BCUT2D eigenvalue weighted by molar-refractivity contribution is 0.612. The van der Waals surface area contributed by atoms with Gasteiger partial charge in [0.1, 0.15) is 11.6 Å². The van der Waals surface area contributed by atoms with Gasteiger partial charge in [0.25, 0.3) is 0 Å². The normalized spacial score (nSPS) is 12.5. The fraction of sp³-hybridized carbons (Fsp3) is 0.250. The molecule has 0 heterocycles. The lowest BCUT2D eigenvalue weighted by atomic mass is 9.94. The second-order valence-electron chi connectivity index (χ2n) is 4.88. The summed E-state index contributed by atoms with van der Waals surface area (Å²) in [7, 11) is 0. The second kappa shape index (κ2) is 5.49. The largest absolute Gasteiger partial charge is 0.324 e. The zero-order chi connectivity index (χ0) is 14.0. The molecule has 0 fully saturated rings. The van der Waals surface area contributed by atoms with Crippen molar-refractivity contribution in [2.75, 3.05) is 0 Å². The molecule has 0 spiro atoms. The van der Waals surface area contributed by atoms with E-state index >= 15 is 0 Å². The minimum Gasteiger partial charge on any atom is -0.324 e. The van der Waals surface area contributed by atoms with Crippen molar-refractivity contribution < 1.29 is 8.78 Å². The van der Waals surface area contributed by atoms with E-state index in [9.17, 15) is 8.78 Å². The Balaban J connectivity index is 2.27. The van der Waals surface area contributed by atoms with Crippen LogP contribution in [0.2, 0.25) is 0 Å². The SMILES string of the molecule is Cc1ccc(F)cc1CC(N)c1cc(F)ccc1C. The van der Waals surface area contributed by atoms with Gasteiger partial charge >= 0.3 is 0 Å². The van der Waals surface area contributed by atoms with Crippen LogP contribution in [0, 0.1) is 25.5 Å². The van der Waals surface area contributed by atoms with Gasteiger partial charge in [0, 0.05) is 6.04 Å². The van der Waals surface area contributed by atoms with Crippen molar-refractivity contribution in [2.24, 2.45) is 5.73 Å². The van der Waals surface area contributed by atoms with Crippen LogP contribution < -0.4 is 5.73 Å². The maximum atomic E-state index is 13.3. The van der Waals surface area contributed by atoms with E-state index in [1.54, 1.807) is 12.1 Å². The van der Waals surface area contributed by atoms with Crippen molar-refractivity contribution >= 4 is 0 Å². The number of hydrogen-bond donors (Lipinski definition) is 1. The zero-order valence-corrected chi connectivity index (χ0v) is 11.1. The molecule has 0 bridgehead atoms. The molecule has 3 heteroatoms.